The van der Waals surface area contributed by atoms with Gasteiger partial charge in [0.1, 0.15) is 11.3 Å². The average molecular weight is 525 g/mol. The number of alkyl halides is 3. The van der Waals surface area contributed by atoms with Gasteiger partial charge in [-0.15, -0.1) is 5.10 Å². The van der Waals surface area contributed by atoms with Crippen molar-refractivity contribution in [2.45, 2.75) is 32.5 Å². The van der Waals surface area contributed by atoms with Crippen LogP contribution in [0.4, 0.5) is 24.7 Å². The van der Waals surface area contributed by atoms with Gasteiger partial charge in [-0.2, -0.15) is 13.2 Å². The van der Waals surface area contributed by atoms with E-state index in [0.29, 0.717) is 26.3 Å². The fourth-order valence-electron chi connectivity index (χ4n) is 4.38. The number of carbonyl (C=O) groups excluding carboxylic acids is 1. The van der Waals surface area contributed by atoms with Crippen molar-refractivity contribution in [1.82, 2.24) is 24.9 Å². The number of pyridine rings is 1. The summed E-state index contributed by atoms with van der Waals surface area (Å²) in [6, 6.07) is 12.7. The zero-order chi connectivity index (χ0) is 27.1. The van der Waals surface area contributed by atoms with Crippen molar-refractivity contribution >= 4 is 28.4 Å². The standard InChI is InChI=1S/C27H27F3N6O2/c1-26(2,3)36-23-15-17(4-7-22(23)33-34-36)18-8-9-31-24(16-18)32-21-6-5-19(14-20(21)27(28,29)30)25(37)35-10-12-38-13-11-35/h4-9,14-16H,10-13H2,1-3H3,(H,31,32). The number of anilines is 2. The molecule has 11 heteroatoms. The Morgan fingerprint density at radius 2 is 1.71 bits per heavy atom. The van der Waals surface area contributed by atoms with Crippen molar-refractivity contribution < 1.29 is 22.7 Å². The minimum atomic E-state index is -4.68. The highest BCUT2D eigenvalue weighted by atomic mass is 19.4. The number of aromatic nitrogens is 4. The highest BCUT2D eigenvalue weighted by Gasteiger charge is 2.35. The number of nitrogens with one attached hydrogen (secondary N) is 1. The van der Waals surface area contributed by atoms with E-state index in [2.05, 4.69) is 20.6 Å². The Balaban J connectivity index is 1.46. The molecule has 0 atom stereocenters. The second kappa shape index (κ2) is 9.71. The van der Waals surface area contributed by atoms with E-state index in [-0.39, 0.29) is 22.6 Å². The maximum atomic E-state index is 14.0. The van der Waals surface area contributed by atoms with Gasteiger partial charge >= 0.3 is 6.18 Å². The van der Waals surface area contributed by atoms with Crippen LogP contribution in [0.5, 0.6) is 0 Å². The molecular formula is C27H27F3N6O2. The lowest BCUT2D eigenvalue weighted by molar-refractivity contribution is -0.136. The van der Waals surface area contributed by atoms with Crippen molar-refractivity contribution in [1.29, 1.82) is 0 Å². The number of morpholine rings is 1. The predicted octanol–water partition coefficient (Wildman–Crippen LogP) is 5.48. The Morgan fingerprint density at radius 3 is 2.42 bits per heavy atom. The first-order chi connectivity index (χ1) is 18.0. The zero-order valence-corrected chi connectivity index (χ0v) is 21.2. The maximum Gasteiger partial charge on any atom is 0.418 e. The SMILES string of the molecule is CC(C)(C)n1nnc2ccc(-c3ccnc(Nc4ccc(C(=O)N5CCOCC5)cc4C(F)(F)F)c3)cc21. The van der Waals surface area contributed by atoms with Gasteiger partial charge in [-0.05, 0) is 74.4 Å². The quantitative estimate of drug-likeness (QED) is 0.381. The van der Waals surface area contributed by atoms with E-state index in [9.17, 15) is 18.0 Å². The molecule has 1 aliphatic rings. The lowest BCUT2D eigenvalue weighted by atomic mass is 10.0. The van der Waals surface area contributed by atoms with Gasteiger partial charge in [-0.3, -0.25) is 4.79 Å². The summed E-state index contributed by atoms with van der Waals surface area (Å²) in [5, 5.41) is 11.3. The van der Waals surface area contributed by atoms with Gasteiger partial charge in [-0.25, -0.2) is 9.67 Å². The molecule has 198 valence electrons. The molecule has 3 heterocycles. The van der Waals surface area contributed by atoms with Gasteiger partial charge in [0.2, 0.25) is 0 Å². The normalized spacial score (nSPS) is 14.6. The zero-order valence-electron chi connectivity index (χ0n) is 21.2. The third-order valence-corrected chi connectivity index (χ3v) is 6.31. The predicted molar refractivity (Wildman–Crippen MR) is 137 cm³/mol. The van der Waals surface area contributed by atoms with E-state index < -0.39 is 17.6 Å². The number of carbonyl (C=O) groups is 1. The summed E-state index contributed by atoms with van der Waals surface area (Å²) in [6.45, 7) is 7.49. The Morgan fingerprint density at radius 1 is 0.974 bits per heavy atom. The van der Waals surface area contributed by atoms with Gasteiger partial charge in [-0.1, -0.05) is 11.3 Å². The minimum Gasteiger partial charge on any atom is -0.378 e. The number of ether oxygens (including phenoxy) is 1. The average Bonchev–Trinajstić information content (AvgIpc) is 3.33. The van der Waals surface area contributed by atoms with Gasteiger partial charge in [0.05, 0.1) is 35.5 Å². The Bertz CT molecular complexity index is 1490. The smallest absolute Gasteiger partial charge is 0.378 e. The molecular weight excluding hydrogens is 497 g/mol. The molecule has 0 radical (unpaired) electrons. The molecule has 2 aromatic heterocycles. The first-order valence-electron chi connectivity index (χ1n) is 12.2. The molecule has 1 amide bonds. The van der Waals surface area contributed by atoms with Crippen LogP contribution in [0, 0.1) is 0 Å². The Kier molecular flexibility index (Phi) is 6.56. The molecule has 8 nitrogen and oxygen atoms in total. The molecule has 0 aliphatic carbocycles. The topological polar surface area (TPSA) is 85.2 Å². The first-order valence-corrected chi connectivity index (χ1v) is 12.2. The lowest BCUT2D eigenvalue weighted by Crippen LogP contribution is -2.40. The van der Waals surface area contributed by atoms with Gasteiger partial charge in [0.25, 0.3) is 5.91 Å². The van der Waals surface area contributed by atoms with Crippen molar-refractivity contribution in [3.05, 3.63) is 65.9 Å². The molecule has 2 aromatic carbocycles. The summed E-state index contributed by atoms with van der Waals surface area (Å²) in [7, 11) is 0. The van der Waals surface area contributed by atoms with E-state index in [0.717, 1.165) is 28.2 Å². The Labute approximate surface area is 217 Å². The van der Waals surface area contributed by atoms with Crippen LogP contribution < -0.4 is 5.32 Å². The maximum absolute atomic E-state index is 14.0. The van der Waals surface area contributed by atoms with Crippen LogP contribution in [0.15, 0.2) is 54.7 Å². The Hall–Kier alpha value is -3.99. The molecule has 1 N–H and O–H groups in total. The number of halogens is 3. The van der Waals surface area contributed by atoms with Crippen molar-refractivity contribution in [2.75, 3.05) is 31.6 Å². The largest absolute Gasteiger partial charge is 0.418 e. The summed E-state index contributed by atoms with van der Waals surface area (Å²) in [4.78, 5) is 18.5. The summed E-state index contributed by atoms with van der Waals surface area (Å²) in [6.07, 6.45) is -3.14. The molecule has 0 spiro atoms. The summed E-state index contributed by atoms with van der Waals surface area (Å²) in [5.74, 6) is -0.215. The molecule has 38 heavy (non-hydrogen) atoms. The monoisotopic (exact) mass is 524 g/mol. The highest BCUT2D eigenvalue weighted by Crippen LogP contribution is 2.37. The number of nitrogens with zero attached hydrogens (tertiary/aromatic N) is 5. The number of fused-ring (bicyclic) bond motifs is 1. The van der Waals surface area contributed by atoms with Crippen molar-refractivity contribution in [3.63, 3.8) is 0 Å². The summed E-state index contributed by atoms with van der Waals surface area (Å²) < 4.78 is 49.1. The number of amides is 1. The van der Waals surface area contributed by atoms with Crippen molar-refractivity contribution in [3.8, 4) is 11.1 Å². The van der Waals surface area contributed by atoms with E-state index in [1.54, 1.807) is 12.1 Å². The second-order valence-corrected chi connectivity index (χ2v) is 10.1. The molecule has 1 fully saturated rings. The summed E-state index contributed by atoms with van der Waals surface area (Å²) in [5.41, 5.74) is 1.78. The molecule has 0 unspecified atom stereocenters. The van der Waals surface area contributed by atoms with Crippen LogP contribution in [0.25, 0.3) is 22.2 Å². The molecule has 0 bridgehead atoms. The van der Waals surface area contributed by atoms with E-state index >= 15 is 0 Å². The highest BCUT2D eigenvalue weighted by molar-refractivity contribution is 5.95. The first kappa shape index (κ1) is 25.7. The van der Waals surface area contributed by atoms with Crippen LogP contribution in [-0.4, -0.2) is 57.1 Å². The number of rotatable bonds is 4. The van der Waals surface area contributed by atoms with Gasteiger partial charge in [0.15, 0.2) is 0 Å². The summed E-state index contributed by atoms with van der Waals surface area (Å²) >= 11 is 0. The van der Waals surface area contributed by atoms with E-state index in [4.69, 9.17) is 4.74 Å². The molecule has 5 rings (SSSR count). The molecule has 4 aromatic rings. The molecule has 0 saturated carbocycles. The van der Waals surface area contributed by atoms with Crippen LogP contribution in [0.1, 0.15) is 36.7 Å². The van der Waals surface area contributed by atoms with Crippen LogP contribution in [0.3, 0.4) is 0 Å². The lowest BCUT2D eigenvalue weighted by Gasteiger charge is -2.27. The minimum absolute atomic E-state index is 0.0242. The third-order valence-electron chi connectivity index (χ3n) is 6.31. The number of hydrogen-bond acceptors (Lipinski definition) is 6. The van der Waals surface area contributed by atoms with Crippen LogP contribution in [-0.2, 0) is 16.5 Å². The van der Waals surface area contributed by atoms with Crippen molar-refractivity contribution in [2.24, 2.45) is 0 Å². The van der Waals surface area contributed by atoms with Crippen LogP contribution >= 0.6 is 0 Å². The van der Waals surface area contributed by atoms with Crippen LogP contribution in [0.2, 0.25) is 0 Å². The fourth-order valence-corrected chi connectivity index (χ4v) is 4.38. The van der Waals surface area contributed by atoms with E-state index in [1.165, 1.54) is 23.2 Å². The fraction of sp³-hybridized carbons (Fsp3) is 0.333. The van der Waals surface area contributed by atoms with Gasteiger partial charge in [0, 0.05) is 24.8 Å². The second-order valence-electron chi connectivity index (χ2n) is 10.1. The number of hydrogen-bond donors (Lipinski definition) is 1. The molecule has 1 saturated heterocycles. The van der Waals surface area contributed by atoms with E-state index in [1.807, 2.05) is 43.7 Å². The molecule has 1 aliphatic heterocycles. The number of benzene rings is 2. The van der Waals surface area contributed by atoms with Gasteiger partial charge < -0.3 is 15.0 Å². The third kappa shape index (κ3) is 5.19.